The molecule has 112 valence electrons. The minimum Gasteiger partial charge on any atom is -0.467 e. The molecule has 0 saturated carbocycles. The molecule has 0 saturated heterocycles. The lowest BCUT2D eigenvalue weighted by molar-refractivity contribution is -0.170. The van der Waals surface area contributed by atoms with Crippen LogP contribution in [0.5, 0.6) is 0 Å². The Hall–Kier alpha value is -1.39. The molecule has 0 spiro atoms. The normalized spacial score (nSPS) is 15.8. The third-order valence-electron chi connectivity index (χ3n) is 3.54. The molecular formula is C16H24O4. The molecule has 0 amide bonds. The predicted molar refractivity (Wildman–Crippen MR) is 77.4 cm³/mol. The first-order chi connectivity index (χ1) is 9.35. The predicted octanol–water partition coefficient (Wildman–Crippen LogP) is 2.28. The van der Waals surface area contributed by atoms with Crippen LogP contribution in [0.15, 0.2) is 24.3 Å². The van der Waals surface area contributed by atoms with E-state index < -0.39 is 17.7 Å². The van der Waals surface area contributed by atoms with Gasteiger partial charge in [0.15, 0.2) is 6.10 Å². The number of hydrogen-bond donors (Lipinski definition) is 1. The van der Waals surface area contributed by atoms with Crippen LogP contribution in [0.2, 0.25) is 0 Å². The van der Waals surface area contributed by atoms with Crippen molar-refractivity contribution in [1.29, 1.82) is 0 Å². The molecular weight excluding hydrogens is 256 g/mol. The first-order valence-electron chi connectivity index (χ1n) is 6.75. The van der Waals surface area contributed by atoms with Crippen LogP contribution in [0.1, 0.15) is 31.9 Å². The van der Waals surface area contributed by atoms with Crippen molar-refractivity contribution < 1.29 is 19.4 Å². The Morgan fingerprint density at radius 3 is 2.20 bits per heavy atom. The molecule has 0 fully saturated rings. The van der Waals surface area contributed by atoms with Crippen molar-refractivity contribution >= 4 is 5.97 Å². The molecule has 0 bridgehead atoms. The molecule has 1 rings (SSSR count). The van der Waals surface area contributed by atoms with Gasteiger partial charge in [0.05, 0.1) is 7.11 Å². The monoisotopic (exact) mass is 280 g/mol. The van der Waals surface area contributed by atoms with Gasteiger partial charge >= 0.3 is 5.97 Å². The fourth-order valence-corrected chi connectivity index (χ4v) is 2.17. The summed E-state index contributed by atoms with van der Waals surface area (Å²) in [6.45, 7) is 5.99. The van der Waals surface area contributed by atoms with E-state index in [9.17, 15) is 9.90 Å². The molecule has 0 aliphatic rings. The van der Waals surface area contributed by atoms with E-state index in [1.807, 2.05) is 24.3 Å². The van der Waals surface area contributed by atoms with Gasteiger partial charge in [-0.1, -0.05) is 38.1 Å². The highest BCUT2D eigenvalue weighted by Gasteiger charge is 2.40. The lowest BCUT2D eigenvalue weighted by Gasteiger charge is -2.32. The van der Waals surface area contributed by atoms with Crippen molar-refractivity contribution in [2.75, 3.05) is 14.2 Å². The number of methoxy groups -OCH3 is 2. The van der Waals surface area contributed by atoms with Crippen molar-refractivity contribution in [1.82, 2.24) is 0 Å². The van der Waals surface area contributed by atoms with E-state index in [2.05, 4.69) is 18.6 Å². The Kier molecular flexibility index (Phi) is 5.72. The van der Waals surface area contributed by atoms with Crippen LogP contribution >= 0.6 is 0 Å². The highest BCUT2D eigenvalue weighted by molar-refractivity contribution is 5.76. The lowest BCUT2D eigenvalue weighted by atomic mass is 9.88. The summed E-state index contributed by atoms with van der Waals surface area (Å²) in [6.07, 6.45) is -0.378. The number of benzene rings is 1. The second-order valence-corrected chi connectivity index (χ2v) is 5.53. The summed E-state index contributed by atoms with van der Waals surface area (Å²) >= 11 is 0. The minimum absolute atomic E-state index is 0.579. The number of rotatable bonds is 6. The van der Waals surface area contributed by atoms with Crippen LogP contribution in [0.4, 0.5) is 0 Å². The van der Waals surface area contributed by atoms with E-state index >= 15 is 0 Å². The third-order valence-corrected chi connectivity index (χ3v) is 3.54. The zero-order valence-corrected chi connectivity index (χ0v) is 12.8. The van der Waals surface area contributed by atoms with Gasteiger partial charge < -0.3 is 14.6 Å². The number of ether oxygens (including phenoxy) is 2. The van der Waals surface area contributed by atoms with Gasteiger partial charge in [0.2, 0.25) is 0 Å². The second kappa shape index (κ2) is 6.86. The van der Waals surface area contributed by atoms with Crippen LogP contribution in [-0.2, 0) is 26.3 Å². The fraction of sp³-hybridized carbons (Fsp3) is 0.562. The molecule has 0 aromatic heterocycles. The number of aliphatic hydroxyl groups excluding tert-OH is 1. The standard InChI is InChI=1S/C16H24O4/c1-11(2)10-12-6-8-13(9-7-12)16(3,20-5)14(17)15(18)19-4/h6-9,11,14,17H,10H2,1-5H3. The average Bonchev–Trinajstić information content (AvgIpc) is 2.44. The molecule has 1 aromatic rings. The van der Waals surface area contributed by atoms with E-state index in [0.717, 1.165) is 12.0 Å². The minimum atomic E-state index is -1.37. The Morgan fingerprint density at radius 1 is 1.25 bits per heavy atom. The van der Waals surface area contributed by atoms with Crippen LogP contribution in [0.3, 0.4) is 0 Å². The molecule has 1 N–H and O–H groups in total. The van der Waals surface area contributed by atoms with Crippen molar-refractivity contribution in [2.24, 2.45) is 5.92 Å². The molecule has 4 nitrogen and oxygen atoms in total. The Labute approximate surface area is 120 Å². The number of hydrogen-bond acceptors (Lipinski definition) is 4. The van der Waals surface area contributed by atoms with Gasteiger partial charge in [-0.25, -0.2) is 4.79 Å². The summed E-state index contributed by atoms with van der Waals surface area (Å²) in [5.41, 5.74) is 0.837. The highest BCUT2D eigenvalue weighted by atomic mass is 16.6. The number of esters is 1. The SMILES string of the molecule is COC(=O)C(O)C(C)(OC)c1ccc(CC(C)C)cc1. The molecule has 0 radical (unpaired) electrons. The van der Waals surface area contributed by atoms with Crippen molar-refractivity contribution in [3.63, 3.8) is 0 Å². The van der Waals surface area contributed by atoms with Gasteiger partial charge in [0.1, 0.15) is 5.60 Å². The number of carbonyl (C=O) groups is 1. The largest absolute Gasteiger partial charge is 0.467 e. The molecule has 1 aromatic carbocycles. The molecule has 2 atom stereocenters. The molecule has 4 heteroatoms. The van der Waals surface area contributed by atoms with Crippen LogP contribution in [0.25, 0.3) is 0 Å². The number of carbonyl (C=O) groups excluding carboxylic acids is 1. The Bertz CT molecular complexity index is 438. The van der Waals surface area contributed by atoms with E-state index in [-0.39, 0.29) is 0 Å². The van der Waals surface area contributed by atoms with Gasteiger partial charge in [0.25, 0.3) is 0 Å². The Balaban J connectivity index is 3.02. The maximum atomic E-state index is 11.6. The molecule has 2 unspecified atom stereocenters. The molecule has 0 aliphatic heterocycles. The zero-order chi connectivity index (χ0) is 15.3. The van der Waals surface area contributed by atoms with E-state index in [0.29, 0.717) is 5.92 Å². The van der Waals surface area contributed by atoms with Crippen molar-refractivity contribution in [3.8, 4) is 0 Å². The lowest BCUT2D eigenvalue weighted by Crippen LogP contribution is -2.44. The first kappa shape index (κ1) is 16.7. The molecule has 20 heavy (non-hydrogen) atoms. The van der Waals surface area contributed by atoms with E-state index in [1.165, 1.54) is 19.8 Å². The highest BCUT2D eigenvalue weighted by Crippen LogP contribution is 2.29. The smallest absolute Gasteiger partial charge is 0.338 e. The van der Waals surface area contributed by atoms with Crippen molar-refractivity contribution in [2.45, 2.75) is 38.9 Å². The Morgan fingerprint density at radius 2 is 1.80 bits per heavy atom. The van der Waals surface area contributed by atoms with E-state index in [4.69, 9.17) is 4.74 Å². The fourth-order valence-electron chi connectivity index (χ4n) is 2.17. The molecule has 0 aliphatic carbocycles. The summed E-state index contributed by atoms with van der Waals surface area (Å²) in [7, 11) is 2.71. The number of aliphatic hydroxyl groups is 1. The second-order valence-electron chi connectivity index (χ2n) is 5.53. The van der Waals surface area contributed by atoms with E-state index in [1.54, 1.807) is 6.92 Å². The van der Waals surface area contributed by atoms with Crippen molar-refractivity contribution in [3.05, 3.63) is 35.4 Å². The summed E-state index contributed by atoms with van der Waals surface area (Å²) in [6, 6.07) is 7.76. The maximum absolute atomic E-state index is 11.6. The topological polar surface area (TPSA) is 55.8 Å². The first-order valence-corrected chi connectivity index (χ1v) is 6.75. The van der Waals surface area contributed by atoms with Gasteiger partial charge in [-0.2, -0.15) is 0 Å². The summed E-state index contributed by atoms with van der Waals surface area (Å²) in [4.78, 5) is 11.6. The molecule has 0 heterocycles. The summed E-state index contributed by atoms with van der Waals surface area (Å²) < 4.78 is 9.97. The van der Waals surface area contributed by atoms with Crippen LogP contribution < -0.4 is 0 Å². The average molecular weight is 280 g/mol. The quantitative estimate of drug-likeness (QED) is 0.812. The summed E-state index contributed by atoms with van der Waals surface area (Å²) in [5.74, 6) is -0.129. The third kappa shape index (κ3) is 3.58. The maximum Gasteiger partial charge on any atom is 0.338 e. The van der Waals surface area contributed by atoms with Gasteiger partial charge in [-0.15, -0.1) is 0 Å². The van der Waals surface area contributed by atoms with Gasteiger partial charge in [-0.3, -0.25) is 0 Å². The van der Waals surface area contributed by atoms with Crippen LogP contribution in [0, 0.1) is 5.92 Å². The van der Waals surface area contributed by atoms with Crippen LogP contribution in [-0.4, -0.2) is 31.4 Å². The summed E-state index contributed by atoms with van der Waals surface area (Å²) in [5, 5.41) is 10.1. The zero-order valence-electron chi connectivity index (χ0n) is 12.8. The van der Waals surface area contributed by atoms with Gasteiger partial charge in [-0.05, 0) is 30.4 Å². The van der Waals surface area contributed by atoms with Gasteiger partial charge in [0, 0.05) is 7.11 Å².